The Labute approximate surface area is 284 Å². The van der Waals surface area contributed by atoms with E-state index in [0.717, 1.165) is 33.1 Å². The maximum atomic E-state index is 6.52. The Morgan fingerprint density at radius 1 is 0.265 bits per heavy atom. The molecule has 0 aliphatic rings. The van der Waals surface area contributed by atoms with Crippen molar-refractivity contribution in [3.63, 3.8) is 0 Å². The van der Waals surface area contributed by atoms with Crippen molar-refractivity contribution in [1.82, 2.24) is 0 Å². The Hall–Kier alpha value is -6.44. The monoisotopic (exact) mass is 622 g/mol. The van der Waals surface area contributed by atoms with Gasteiger partial charge in [0, 0.05) is 16.3 Å². The first-order valence-corrected chi connectivity index (χ1v) is 16.9. The first kappa shape index (κ1) is 27.7. The zero-order chi connectivity index (χ0) is 32.3. The molecule has 49 heavy (non-hydrogen) atoms. The summed E-state index contributed by atoms with van der Waals surface area (Å²) in [5.41, 5.74) is 11.5. The maximum absolute atomic E-state index is 6.52. The van der Waals surface area contributed by atoms with E-state index in [1.54, 1.807) is 0 Å². The molecule has 0 saturated heterocycles. The molecule has 10 rings (SSSR count). The van der Waals surface area contributed by atoms with E-state index in [1.807, 2.05) is 6.07 Å². The zero-order valence-electron chi connectivity index (χ0n) is 26.7. The summed E-state index contributed by atoms with van der Waals surface area (Å²) in [4.78, 5) is 0. The molecule has 0 aliphatic carbocycles. The van der Waals surface area contributed by atoms with Crippen LogP contribution in [0.2, 0.25) is 0 Å². The van der Waals surface area contributed by atoms with Crippen molar-refractivity contribution >= 4 is 54.3 Å². The molecule has 0 atom stereocenters. The van der Waals surface area contributed by atoms with E-state index < -0.39 is 0 Å². The summed E-state index contributed by atoms with van der Waals surface area (Å²) < 4.78 is 6.52. The topological polar surface area (TPSA) is 13.1 Å². The standard InChI is InChI=1S/C48H30O/c1-3-15-31(16-4-1)43-29-33(30-44-37-19-11-12-28-45(37)49-48(43)44)34-24-13-26-36-35(34)25-14-27-38(36)47-41-22-9-7-20-39(41)46(32-17-5-2-6-18-32)40-21-8-10-23-42(40)47/h1-30H. The quantitative estimate of drug-likeness (QED) is 0.178. The summed E-state index contributed by atoms with van der Waals surface area (Å²) >= 11 is 0. The molecule has 0 bridgehead atoms. The van der Waals surface area contributed by atoms with Gasteiger partial charge >= 0.3 is 0 Å². The van der Waals surface area contributed by atoms with E-state index in [4.69, 9.17) is 4.42 Å². The average Bonchev–Trinajstić information content (AvgIpc) is 3.55. The van der Waals surface area contributed by atoms with Crippen LogP contribution >= 0.6 is 0 Å². The normalized spacial score (nSPS) is 11.7. The van der Waals surface area contributed by atoms with Crippen LogP contribution in [0.5, 0.6) is 0 Å². The second-order valence-corrected chi connectivity index (χ2v) is 12.8. The summed E-state index contributed by atoms with van der Waals surface area (Å²) in [6.07, 6.45) is 0. The molecule has 0 saturated carbocycles. The smallest absolute Gasteiger partial charge is 0.143 e. The lowest BCUT2D eigenvalue weighted by molar-refractivity contribution is 0.670. The van der Waals surface area contributed by atoms with Crippen molar-refractivity contribution in [3.8, 4) is 44.5 Å². The fourth-order valence-corrected chi connectivity index (χ4v) is 7.93. The van der Waals surface area contributed by atoms with Gasteiger partial charge in [0.25, 0.3) is 0 Å². The van der Waals surface area contributed by atoms with Crippen LogP contribution in [0.4, 0.5) is 0 Å². The molecule has 1 heteroatoms. The van der Waals surface area contributed by atoms with Crippen LogP contribution < -0.4 is 0 Å². The summed E-state index contributed by atoms with van der Waals surface area (Å²) in [7, 11) is 0. The molecule has 1 heterocycles. The molecule has 1 aromatic heterocycles. The highest BCUT2D eigenvalue weighted by molar-refractivity contribution is 6.24. The molecule has 0 N–H and O–H groups in total. The maximum Gasteiger partial charge on any atom is 0.143 e. The highest BCUT2D eigenvalue weighted by Crippen LogP contribution is 2.47. The van der Waals surface area contributed by atoms with E-state index in [9.17, 15) is 0 Å². The van der Waals surface area contributed by atoms with E-state index in [2.05, 4.69) is 176 Å². The minimum Gasteiger partial charge on any atom is -0.455 e. The lowest BCUT2D eigenvalue weighted by Gasteiger charge is -2.19. The Balaban J connectivity index is 1.27. The molecule has 1 nitrogen and oxygen atoms in total. The lowest BCUT2D eigenvalue weighted by Crippen LogP contribution is -1.92. The number of hydrogen-bond donors (Lipinski definition) is 0. The van der Waals surface area contributed by atoms with Crippen molar-refractivity contribution in [2.45, 2.75) is 0 Å². The average molecular weight is 623 g/mol. The van der Waals surface area contributed by atoms with Gasteiger partial charge in [0.2, 0.25) is 0 Å². The predicted octanol–water partition coefficient (Wildman–Crippen LogP) is 13.7. The van der Waals surface area contributed by atoms with Gasteiger partial charge in [-0.3, -0.25) is 0 Å². The van der Waals surface area contributed by atoms with Crippen LogP contribution in [0, 0.1) is 0 Å². The van der Waals surface area contributed by atoms with Crippen LogP contribution in [0.3, 0.4) is 0 Å². The van der Waals surface area contributed by atoms with Crippen molar-refractivity contribution < 1.29 is 4.42 Å². The first-order chi connectivity index (χ1) is 24.3. The van der Waals surface area contributed by atoms with Crippen molar-refractivity contribution in [3.05, 3.63) is 182 Å². The molecule has 0 spiro atoms. The highest BCUT2D eigenvalue weighted by atomic mass is 16.3. The second kappa shape index (κ2) is 11.1. The van der Waals surface area contributed by atoms with Gasteiger partial charge in [-0.1, -0.05) is 164 Å². The van der Waals surface area contributed by atoms with Crippen molar-refractivity contribution in [2.24, 2.45) is 0 Å². The molecule has 0 fully saturated rings. The van der Waals surface area contributed by atoms with Gasteiger partial charge in [-0.25, -0.2) is 0 Å². The zero-order valence-corrected chi connectivity index (χ0v) is 26.7. The van der Waals surface area contributed by atoms with Crippen molar-refractivity contribution in [1.29, 1.82) is 0 Å². The SMILES string of the molecule is c1ccc(-c2c3ccccc3c(-c3cccc4c(-c5cc(-c6ccccc6)c6oc7ccccc7c6c5)cccc34)c3ccccc23)cc1. The van der Waals surface area contributed by atoms with Gasteiger partial charge < -0.3 is 4.42 Å². The number of furan rings is 1. The molecular weight excluding hydrogens is 593 g/mol. The van der Waals surface area contributed by atoms with Gasteiger partial charge in [-0.05, 0) is 89.5 Å². The summed E-state index contributed by atoms with van der Waals surface area (Å²) in [6, 6.07) is 65.7. The number of fused-ring (bicyclic) bond motifs is 6. The number of rotatable bonds is 4. The van der Waals surface area contributed by atoms with E-state index >= 15 is 0 Å². The fraction of sp³-hybridized carbons (Fsp3) is 0. The third kappa shape index (κ3) is 4.33. The van der Waals surface area contributed by atoms with Crippen LogP contribution in [0.1, 0.15) is 0 Å². The number of benzene rings is 9. The van der Waals surface area contributed by atoms with Crippen LogP contribution in [-0.4, -0.2) is 0 Å². The first-order valence-electron chi connectivity index (χ1n) is 16.9. The molecule has 0 radical (unpaired) electrons. The largest absolute Gasteiger partial charge is 0.455 e. The third-order valence-electron chi connectivity index (χ3n) is 10.1. The van der Waals surface area contributed by atoms with Crippen LogP contribution in [0.25, 0.3) is 98.8 Å². The molecule has 0 aliphatic heterocycles. The molecule has 0 unspecified atom stereocenters. The molecule has 9 aromatic carbocycles. The minimum atomic E-state index is 0.907. The van der Waals surface area contributed by atoms with Gasteiger partial charge in [-0.2, -0.15) is 0 Å². The molecular formula is C48H30O. The highest BCUT2D eigenvalue weighted by Gasteiger charge is 2.20. The lowest BCUT2D eigenvalue weighted by atomic mass is 9.84. The Morgan fingerprint density at radius 3 is 1.41 bits per heavy atom. The predicted molar refractivity (Wildman–Crippen MR) is 208 cm³/mol. The second-order valence-electron chi connectivity index (χ2n) is 12.8. The van der Waals surface area contributed by atoms with E-state index in [0.29, 0.717) is 0 Å². The third-order valence-corrected chi connectivity index (χ3v) is 10.1. The fourth-order valence-electron chi connectivity index (χ4n) is 7.93. The molecule has 0 amide bonds. The van der Waals surface area contributed by atoms with Gasteiger partial charge in [0.15, 0.2) is 0 Å². The summed E-state index contributed by atoms with van der Waals surface area (Å²) in [5, 5.41) is 9.78. The van der Waals surface area contributed by atoms with Gasteiger partial charge in [-0.15, -0.1) is 0 Å². The number of para-hydroxylation sites is 1. The number of hydrogen-bond acceptors (Lipinski definition) is 1. The minimum absolute atomic E-state index is 0.907. The molecule has 228 valence electrons. The van der Waals surface area contributed by atoms with E-state index in [1.165, 1.54) is 65.7 Å². The van der Waals surface area contributed by atoms with Crippen LogP contribution in [-0.2, 0) is 0 Å². The van der Waals surface area contributed by atoms with E-state index in [-0.39, 0.29) is 0 Å². The summed E-state index contributed by atoms with van der Waals surface area (Å²) in [5.74, 6) is 0. The van der Waals surface area contributed by atoms with Gasteiger partial charge in [0.1, 0.15) is 11.2 Å². The van der Waals surface area contributed by atoms with Crippen LogP contribution in [0.15, 0.2) is 186 Å². The summed E-state index contributed by atoms with van der Waals surface area (Å²) in [6.45, 7) is 0. The Kier molecular flexibility index (Phi) is 6.25. The van der Waals surface area contributed by atoms with Gasteiger partial charge in [0.05, 0.1) is 0 Å². The Morgan fingerprint density at radius 2 is 0.755 bits per heavy atom. The van der Waals surface area contributed by atoms with Crippen molar-refractivity contribution in [2.75, 3.05) is 0 Å². The Bertz CT molecular complexity index is 2800. The molecule has 10 aromatic rings.